The van der Waals surface area contributed by atoms with Crippen molar-refractivity contribution in [3.63, 3.8) is 0 Å². The van der Waals surface area contributed by atoms with Crippen molar-refractivity contribution >= 4 is 16.7 Å². The van der Waals surface area contributed by atoms with E-state index in [-0.39, 0.29) is 5.91 Å². The predicted octanol–water partition coefficient (Wildman–Crippen LogP) is 4.18. The van der Waals surface area contributed by atoms with Gasteiger partial charge in [0.1, 0.15) is 0 Å². The first-order valence-corrected chi connectivity index (χ1v) is 9.04. The maximum atomic E-state index is 11.3. The molecule has 26 heavy (non-hydrogen) atoms. The molecular formula is C23H26N2O. The average molecular weight is 346 g/mol. The zero-order valence-electron chi connectivity index (χ0n) is 15.8. The van der Waals surface area contributed by atoms with Crippen molar-refractivity contribution in [3.05, 3.63) is 82.9 Å². The molecule has 0 radical (unpaired) electrons. The maximum Gasteiger partial charge on any atom is 0.251 e. The number of nitrogens with zero attached hydrogens (tertiary/aromatic N) is 1. The number of aryl methyl sites for hydroxylation is 1. The molecule has 3 aromatic carbocycles. The Labute approximate surface area is 155 Å². The Morgan fingerprint density at radius 2 is 1.73 bits per heavy atom. The van der Waals surface area contributed by atoms with Crippen LogP contribution in [-0.4, -0.2) is 31.4 Å². The fourth-order valence-corrected chi connectivity index (χ4v) is 3.30. The summed E-state index contributed by atoms with van der Waals surface area (Å²) in [6.07, 6.45) is 1.22. The highest BCUT2D eigenvalue weighted by molar-refractivity contribution is 5.98. The lowest BCUT2D eigenvalue weighted by molar-refractivity contribution is 0.0963. The number of benzene rings is 3. The largest absolute Gasteiger partial charge is 0.355 e. The second-order valence-corrected chi connectivity index (χ2v) is 6.90. The van der Waals surface area contributed by atoms with Crippen LogP contribution in [0.25, 0.3) is 10.8 Å². The van der Waals surface area contributed by atoms with E-state index in [9.17, 15) is 4.79 Å². The monoisotopic (exact) mass is 346 g/mol. The zero-order chi connectivity index (χ0) is 18.5. The number of hydrogen-bond acceptors (Lipinski definition) is 2. The summed E-state index contributed by atoms with van der Waals surface area (Å²) in [7, 11) is 3.82. The van der Waals surface area contributed by atoms with Crippen molar-refractivity contribution in [2.45, 2.75) is 19.9 Å². The molecule has 134 valence electrons. The van der Waals surface area contributed by atoms with Gasteiger partial charge in [-0.25, -0.2) is 0 Å². The van der Waals surface area contributed by atoms with Crippen LogP contribution in [0.5, 0.6) is 0 Å². The van der Waals surface area contributed by atoms with E-state index < -0.39 is 0 Å². The van der Waals surface area contributed by atoms with Gasteiger partial charge in [0.2, 0.25) is 0 Å². The van der Waals surface area contributed by atoms with Gasteiger partial charge in [-0.15, -0.1) is 0 Å². The molecule has 0 fully saturated rings. The Balaban J connectivity index is 0.000000152. The van der Waals surface area contributed by atoms with Crippen LogP contribution in [0.2, 0.25) is 0 Å². The van der Waals surface area contributed by atoms with Crippen LogP contribution >= 0.6 is 0 Å². The number of likely N-dealkylation sites (N-methyl/N-ethyl adjacent to an activating group) is 1. The zero-order valence-corrected chi connectivity index (χ0v) is 15.8. The van der Waals surface area contributed by atoms with Gasteiger partial charge >= 0.3 is 0 Å². The molecule has 0 atom stereocenters. The van der Waals surface area contributed by atoms with Crippen LogP contribution in [0.4, 0.5) is 0 Å². The van der Waals surface area contributed by atoms with E-state index in [0.29, 0.717) is 5.56 Å². The van der Waals surface area contributed by atoms with Crippen LogP contribution in [0.3, 0.4) is 0 Å². The third kappa shape index (κ3) is 4.30. The van der Waals surface area contributed by atoms with Crippen molar-refractivity contribution in [2.24, 2.45) is 0 Å². The highest BCUT2D eigenvalue weighted by Crippen LogP contribution is 2.18. The topological polar surface area (TPSA) is 32.3 Å². The summed E-state index contributed by atoms with van der Waals surface area (Å²) in [5, 5.41) is 4.85. The minimum atomic E-state index is -0.0456. The first kappa shape index (κ1) is 18.2. The standard InChI is InChI=1S/C12H11NO.C11H15N/c1-13-12(14)11-7-6-9-4-2-3-5-10(9)8-11;1-9-3-4-11-8-12(2)6-5-10(11)7-9/h2-8H,1H3,(H,13,14);3-4,7H,5-6,8H2,1-2H3. The van der Waals surface area contributed by atoms with Crippen molar-refractivity contribution < 1.29 is 4.79 Å². The van der Waals surface area contributed by atoms with Crippen LogP contribution in [0.15, 0.2) is 60.7 Å². The van der Waals surface area contributed by atoms with Crippen LogP contribution in [0.1, 0.15) is 27.0 Å². The minimum absolute atomic E-state index is 0.0456. The molecule has 1 amide bonds. The smallest absolute Gasteiger partial charge is 0.251 e. The number of carbonyl (C=O) groups is 1. The van der Waals surface area contributed by atoms with Gasteiger partial charge in [-0.3, -0.25) is 4.79 Å². The molecule has 4 rings (SSSR count). The van der Waals surface area contributed by atoms with Crippen LogP contribution < -0.4 is 5.32 Å². The summed E-state index contributed by atoms with van der Waals surface area (Å²) in [5.41, 5.74) is 5.15. The van der Waals surface area contributed by atoms with Crippen molar-refractivity contribution in [1.82, 2.24) is 10.2 Å². The van der Waals surface area contributed by atoms with Crippen LogP contribution in [-0.2, 0) is 13.0 Å². The van der Waals surface area contributed by atoms with E-state index in [4.69, 9.17) is 0 Å². The molecule has 3 nitrogen and oxygen atoms in total. The second kappa shape index (κ2) is 8.15. The summed E-state index contributed by atoms with van der Waals surface area (Å²) in [5.74, 6) is -0.0456. The van der Waals surface area contributed by atoms with Gasteiger partial charge < -0.3 is 10.2 Å². The summed E-state index contributed by atoms with van der Waals surface area (Å²) in [6, 6.07) is 20.5. The average Bonchev–Trinajstić information content (AvgIpc) is 2.67. The lowest BCUT2D eigenvalue weighted by atomic mass is 9.98. The van der Waals surface area contributed by atoms with Crippen molar-refractivity contribution in [3.8, 4) is 0 Å². The van der Waals surface area contributed by atoms with E-state index in [2.05, 4.69) is 42.4 Å². The summed E-state index contributed by atoms with van der Waals surface area (Å²) in [6.45, 7) is 4.49. The van der Waals surface area contributed by atoms with E-state index in [1.165, 1.54) is 24.1 Å². The van der Waals surface area contributed by atoms with Gasteiger partial charge in [-0.1, -0.05) is 54.1 Å². The van der Waals surface area contributed by atoms with E-state index in [0.717, 1.165) is 17.3 Å². The van der Waals surface area contributed by atoms with Gasteiger partial charge in [-0.2, -0.15) is 0 Å². The minimum Gasteiger partial charge on any atom is -0.355 e. The highest BCUT2D eigenvalue weighted by Gasteiger charge is 2.11. The molecule has 0 spiro atoms. The Kier molecular flexibility index (Phi) is 5.69. The molecule has 1 aliphatic rings. The number of fused-ring (bicyclic) bond motifs is 2. The SMILES string of the molecule is CNC(=O)c1ccc2ccccc2c1.Cc1ccc2c(c1)CCN(C)C2. The molecule has 1 N–H and O–H groups in total. The molecule has 1 heterocycles. The third-order valence-corrected chi connectivity index (χ3v) is 4.80. The van der Waals surface area contributed by atoms with E-state index in [1.807, 2.05) is 42.5 Å². The third-order valence-electron chi connectivity index (χ3n) is 4.80. The quantitative estimate of drug-likeness (QED) is 0.717. The van der Waals surface area contributed by atoms with E-state index >= 15 is 0 Å². The Bertz CT molecular complexity index is 917. The molecule has 0 aliphatic carbocycles. The molecular weight excluding hydrogens is 320 g/mol. The van der Waals surface area contributed by atoms with Gasteiger partial charge in [0.25, 0.3) is 5.91 Å². The van der Waals surface area contributed by atoms with Crippen LogP contribution in [0, 0.1) is 6.92 Å². The van der Waals surface area contributed by atoms with E-state index in [1.54, 1.807) is 12.6 Å². The Hall–Kier alpha value is -2.65. The number of carbonyl (C=O) groups excluding carboxylic acids is 1. The number of nitrogens with one attached hydrogen (secondary N) is 1. The molecule has 3 aromatic rings. The predicted molar refractivity (Wildman–Crippen MR) is 109 cm³/mol. The van der Waals surface area contributed by atoms with Gasteiger partial charge in [0, 0.05) is 25.7 Å². The van der Waals surface area contributed by atoms with Gasteiger partial charge in [-0.05, 0) is 54.4 Å². The summed E-state index contributed by atoms with van der Waals surface area (Å²) in [4.78, 5) is 13.7. The number of hydrogen-bond donors (Lipinski definition) is 1. The maximum absolute atomic E-state index is 11.3. The second-order valence-electron chi connectivity index (χ2n) is 6.90. The molecule has 0 unspecified atom stereocenters. The normalized spacial score (nSPS) is 13.5. The number of rotatable bonds is 1. The highest BCUT2D eigenvalue weighted by atomic mass is 16.1. The van der Waals surface area contributed by atoms with Gasteiger partial charge in [0.15, 0.2) is 0 Å². The lowest BCUT2D eigenvalue weighted by Gasteiger charge is -2.24. The summed E-state index contributed by atoms with van der Waals surface area (Å²) < 4.78 is 0. The Morgan fingerprint density at radius 3 is 2.50 bits per heavy atom. The number of amides is 1. The van der Waals surface area contributed by atoms with Gasteiger partial charge in [0.05, 0.1) is 0 Å². The lowest BCUT2D eigenvalue weighted by Crippen LogP contribution is -2.26. The molecule has 0 saturated heterocycles. The first-order valence-electron chi connectivity index (χ1n) is 9.04. The van der Waals surface area contributed by atoms with Crippen molar-refractivity contribution in [2.75, 3.05) is 20.6 Å². The first-order chi connectivity index (χ1) is 12.6. The molecule has 0 aromatic heterocycles. The summed E-state index contributed by atoms with van der Waals surface area (Å²) >= 11 is 0. The Morgan fingerprint density at radius 1 is 0.962 bits per heavy atom. The van der Waals surface area contributed by atoms with Crippen molar-refractivity contribution in [1.29, 1.82) is 0 Å². The fraction of sp³-hybridized carbons (Fsp3) is 0.261. The molecule has 0 bridgehead atoms. The molecule has 1 aliphatic heterocycles. The fourth-order valence-electron chi connectivity index (χ4n) is 3.30. The molecule has 3 heteroatoms. The molecule has 0 saturated carbocycles.